The normalized spacial score (nSPS) is 23.4. The molecule has 1 rings (SSSR count). The predicted molar refractivity (Wildman–Crippen MR) is 63.3 cm³/mol. The Balaban J connectivity index is 2.22. The molecular weight excluding hydrogens is 350 g/mol. The van der Waals surface area contributed by atoms with Gasteiger partial charge in [0.1, 0.15) is 0 Å². The molecule has 10 heavy (non-hydrogen) atoms. The molecule has 1 aliphatic rings. The van der Waals surface area contributed by atoms with Gasteiger partial charge in [0.2, 0.25) is 0 Å². The van der Waals surface area contributed by atoms with Crippen molar-refractivity contribution in [3.05, 3.63) is 0 Å². The van der Waals surface area contributed by atoms with Crippen LogP contribution in [-0.4, -0.2) is 7.85 Å². The van der Waals surface area contributed by atoms with Crippen molar-refractivity contribution in [3.63, 3.8) is 0 Å². The fourth-order valence-electron chi connectivity index (χ4n) is 1.64. The third-order valence-electron chi connectivity index (χ3n) is 2.26. The number of alkyl halides is 2. The molecular formula is C8H14I2. The second-order valence-electron chi connectivity index (χ2n) is 3.15. The molecule has 0 unspecified atom stereocenters. The highest BCUT2D eigenvalue weighted by molar-refractivity contribution is 14.1. The molecule has 2 heteroatoms. The van der Waals surface area contributed by atoms with Crippen molar-refractivity contribution in [1.82, 2.24) is 0 Å². The molecule has 0 amide bonds. The van der Waals surface area contributed by atoms with Crippen LogP contribution < -0.4 is 0 Å². The van der Waals surface area contributed by atoms with Gasteiger partial charge < -0.3 is 0 Å². The maximum atomic E-state index is 2.69. The second-order valence-corrected chi connectivity index (χ2v) is 6.52. The summed E-state index contributed by atoms with van der Waals surface area (Å²) in [6.45, 7) is 0. The smallest absolute Gasteiger partial charge is 0.0222 e. The van der Waals surface area contributed by atoms with Gasteiger partial charge in [0, 0.05) is 3.42 Å². The summed E-state index contributed by atoms with van der Waals surface area (Å²) in [5.74, 6) is 0. The molecule has 0 spiro atoms. The zero-order valence-electron chi connectivity index (χ0n) is 6.21. The Labute approximate surface area is 90.8 Å². The minimum absolute atomic E-state index is 0.711. The molecule has 1 saturated carbocycles. The number of rotatable bonds is 3. The van der Waals surface area contributed by atoms with Crippen LogP contribution in [0.4, 0.5) is 0 Å². The van der Waals surface area contributed by atoms with E-state index in [-0.39, 0.29) is 0 Å². The maximum absolute atomic E-state index is 2.69. The van der Waals surface area contributed by atoms with Gasteiger partial charge in [-0.05, 0) is 30.1 Å². The maximum Gasteiger partial charge on any atom is 0.0222 e. The van der Waals surface area contributed by atoms with Crippen LogP contribution in [0.3, 0.4) is 0 Å². The minimum atomic E-state index is 0.711. The van der Waals surface area contributed by atoms with Gasteiger partial charge >= 0.3 is 0 Å². The molecule has 0 radical (unpaired) electrons. The lowest BCUT2D eigenvalue weighted by Crippen LogP contribution is -2.14. The van der Waals surface area contributed by atoms with E-state index in [1.807, 2.05) is 0 Å². The van der Waals surface area contributed by atoms with E-state index in [1.165, 1.54) is 43.0 Å². The van der Waals surface area contributed by atoms with Crippen LogP contribution >= 0.6 is 45.2 Å². The summed E-state index contributed by atoms with van der Waals surface area (Å²) in [6, 6.07) is 0. The van der Waals surface area contributed by atoms with E-state index in [1.54, 1.807) is 0 Å². The zero-order valence-corrected chi connectivity index (χ0v) is 10.5. The summed E-state index contributed by atoms with van der Waals surface area (Å²) in [4.78, 5) is 0. The summed E-state index contributed by atoms with van der Waals surface area (Å²) in [7, 11) is 0. The van der Waals surface area contributed by atoms with Crippen LogP contribution in [-0.2, 0) is 0 Å². The van der Waals surface area contributed by atoms with Crippen molar-refractivity contribution >= 4 is 45.2 Å². The highest BCUT2D eigenvalue weighted by atomic mass is 127. The highest BCUT2D eigenvalue weighted by Crippen LogP contribution is 2.41. The van der Waals surface area contributed by atoms with Crippen LogP contribution in [0.2, 0.25) is 0 Å². The molecule has 0 bridgehead atoms. The van der Waals surface area contributed by atoms with Gasteiger partial charge in [-0.3, -0.25) is 0 Å². The summed E-state index contributed by atoms with van der Waals surface area (Å²) in [5, 5.41) is 0. The number of halogens is 2. The summed E-state index contributed by atoms with van der Waals surface area (Å²) >= 11 is 5.16. The van der Waals surface area contributed by atoms with Gasteiger partial charge in [0.25, 0.3) is 0 Å². The van der Waals surface area contributed by atoms with Gasteiger partial charge in [-0.1, -0.05) is 58.0 Å². The van der Waals surface area contributed by atoms with E-state index >= 15 is 0 Å². The van der Waals surface area contributed by atoms with Crippen LogP contribution in [0, 0.1) is 0 Å². The Hall–Kier alpha value is 1.46. The summed E-state index contributed by atoms with van der Waals surface area (Å²) < 4.78 is 2.05. The molecule has 0 nitrogen and oxygen atoms in total. The van der Waals surface area contributed by atoms with Crippen LogP contribution in [0.25, 0.3) is 0 Å². The van der Waals surface area contributed by atoms with E-state index in [2.05, 4.69) is 45.2 Å². The number of hydrogen-bond acceptors (Lipinski definition) is 0. The van der Waals surface area contributed by atoms with Gasteiger partial charge in [0.05, 0.1) is 0 Å². The lowest BCUT2D eigenvalue weighted by Gasteiger charge is -2.19. The Morgan fingerprint density at radius 2 is 1.80 bits per heavy atom. The standard InChI is InChI=1S/C8H14I2/c9-7-3-6-8(10)4-1-2-5-8/h1-7H2. The lowest BCUT2D eigenvalue weighted by atomic mass is 10.0. The van der Waals surface area contributed by atoms with E-state index in [4.69, 9.17) is 0 Å². The van der Waals surface area contributed by atoms with Crippen LogP contribution in [0.1, 0.15) is 38.5 Å². The first-order valence-electron chi connectivity index (χ1n) is 4.02. The quantitative estimate of drug-likeness (QED) is 0.526. The summed E-state index contributed by atoms with van der Waals surface area (Å²) in [5.41, 5.74) is 0. The van der Waals surface area contributed by atoms with Crippen molar-refractivity contribution < 1.29 is 0 Å². The summed E-state index contributed by atoms with van der Waals surface area (Å²) in [6.07, 6.45) is 8.78. The van der Waals surface area contributed by atoms with E-state index in [9.17, 15) is 0 Å². The SMILES string of the molecule is ICCCC1(I)CCCC1. The van der Waals surface area contributed by atoms with Gasteiger partial charge in [-0.25, -0.2) is 0 Å². The topological polar surface area (TPSA) is 0 Å². The van der Waals surface area contributed by atoms with Crippen molar-refractivity contribution in [2.45, 2.75) is 41.9 Å². The van der Waals surface area contributed by atoms with Crippen LogP contribution in [0.15, 0.2) is 0 Å². The third kappa shape index (κ3) is 2.83. The van der Waals surface area contributed by atoms with Crippen molar-refractivity contribution in [2.75, 3.05) is 4.43 Å². The Kier molecular flexibility index (Phi) is 4.27. The Bertz CT molecular complexity index is 95.4. The molecule has 0 aromatic rings. The largest absolute Gasteiger partial charge is 0.0864 e. The second kappa shape index (κ2) is 4.48. The average molecular weight is 364 g/mol. The molecule has 0 aromatic carbocycles. The first kappa shape index (κ1) is 9.55. The minimum Gasteiger partial charge on any atom is -0.0864 e. The third-order valence-corrected chi connectivity index (χ3v) is 4.64. The average Bonchev–Trinajstić information content (AvgIpc) is 2.33. The van der Waals surface area contributed by atoms with Crippen molar-refractivity contribution in [2.24, 2.45) is 0 Å². The molecule has 1 aliphatic carbocycles. The molecule has 0 atom stereocenters. The Morgan fingerprint density at radius 1 is 1.20 bits per heavy atom. The van der Waals surface area contributed by atoms with Gasteiger partial charge in [-0.2, -0.15) is 0 Å². The molecule has 0 aromatic heterocycles. The van der Waals surface area contributed by atoms with Gasteiger partial charge in [0.15, 0.2) is 0 Å². The molecule has 0 aliphatic heterocycles. The first-order chi connectivity index (χ1) is 4.77. The number of hydrogen-bond donors (Lipinski definition) is 0. The lowest BCUT2D eigenvalue weighted by molar-refractivity contribution is 0.581. The van der Waals surface area contributed by atoms with Gasteiger partial charge in [-0.15, -0.1) is 0 Å². The van der Waals surface area contributed by atoms with E-state index in [0.29, 0.717) is 3.42 Å². The van der Waals surface area contributed by atoms with E-state index in [0.717, 1.165) is 0 Å². The van der Waals surface area contributed by atoms with Crippen LogP contribution in [0.5, 0.6) is 0 Å². The molecule has 60 valence electrons. The first-order valence-corrected chi connectivity index (χ1v) is 6.62. The predicted octanol–water partition coefficient (Wildman–Crippen LogP) is 3.95. The fraction of sp³-hybridized carbons (Fsp3) is 1.00. The monoisotopic (exact) mass is 364 g/mol. The fourth-order valence-corrected chi connectivity index (χ4v) is 3.17. The Morgan fingerprint density at radius 3 is 2.30 bits per heavy atom. The molecule has 0 saturated heterocycles. The highest BCUT2D eigenvalue weighted by Gasteiger charge is 2.29. The molecule has 0 heterocycles. The van der Waals surface area contributed by atoms with Crippen molar-refractivity contribution in [1.29, 1.82) is 0 Å². The zero-order chi connectivity index (χ0) is 7.45. The van der Waals surface area contributed by atoms with E-state index < -0.39 is 0 Å². The van der Waals surface area contributed by atoms with Crippen molar-refractivity contribution in [3.8, 4) is 0 Å². The molecule has 1 fully saturated rings. The molecule has 0 N–H and O–H groups in total.